The van der Waals surface area contributed by atoms with Crippen LogP contribution in [-0.4, -0.2) is 36.9 Å². The second-order valence-corrected chi connectivity index (χ2v) is 11.7. The van der Waals surface area contributed by atoms with Crippen molar-refractivity contribution in [1.82, 2.24) is 20.9 Å². The number of nitriles is 1. The van der Waals surface area contributed by atoms with Gasteiger partial charge in [-0.15, -0.1) is 0 Å². The molecule has 0 bridgehead atoms. The van der Waals surface area contributed by atoms with Crippen LogP contribution < -0.4 is 16.0 Å². The first kappa shape index (κ1) is 27.0. The van der Waals surface area contributed by atoms with Crippen LogP contribution in [0.15, 0.2) is 40.7 Å². The van der Waals surface area contributed by atoms with Crippen molar-refractivity contribution in [2.75, 3.05) is 19.8 Å². The molecule has 0 spiro atoms. The van der Waals surface area contributed by atoms with Gasteiger partial charge in [-0.1, -0.05) is 49.6 Å². The monoisotopic (exact) mass is 517 g/mol. The van der Waals surface area contributed by atoms with Gasteiger partial charge < -0.3 is 10.2 Å². The van der Waals surface area contributed by atoms with Crippen molar-refractivity contribution in [3.8, 4) is 6.07 Å². The quantitative estimate of drug-likeness (QED) is 0.418. The molecule has 2 heterocycles. The molecule has 204 valence electrons. The first-order valence-electron chi connectivity index (χ1n) is 14.8. The summed E-state index contributed by atoms with van der Waals surface area (Å²) in [5.41, 5.74) is 7.00. The highest BCUT2D eigenvalue weighted by molar-refractivity contribution is 5.60. The van der Waals surface area contributed by atoms with E-state index < -0.39 is 0 Å². The third kappa shape index (κ3) is 6.16. The number of aryl methyl sites for hydroxylation is 1. The smallest absolute Gasteiger partial charge is 0.133 e. The maximum Gasteiger partial charge on any atom is 0.133 e. The van der Waals surface area contributed by atoms with Crippen LogP contribution in [0.25, 0.3) is 6.08 Å². The molecular weight excluding hydrogens is 473 g/mol. The largest absolute Gasteiger partial charge is 0.375 e. The van der Waals surface area contributed by atoms with E-state index in [9.17, 15) is 5.26 Å². The minimum atomic E-state index is -0.169. The normalized spacial score (nSPS) is 26.4. The number of nitrogens with one attached hydrogen (secondary N) is 3. The second kappa shape index (κ2) is 12.5. The summed E-state index contributed by atoms with van der Waals surface area (Å²) in [6, 6.07) is 6.87. The molecule has 2 aliphatic carbocycles. The molecule has 5 rings (SSSR count). The average Bonchev–Trinajstić information content (AvgIpc) is 3.29. The fourth-order valence-corrected chi connectivity index (χ4v) is 6.58. The molecule has 1 fully saturated rings. The predicted octanol–water partition coefficient (Wildman–Crippen LogP) is 6.21. The van der Waals surface area contributed by atoms with Gasteiger partial charge in [0, 0.05) is 36.1 Å². The van der Waals surface area contributed by atoms with Crippen molar-refractivity contribution in [2.24, 2.45) is 0 Å². The summed E-state index contributed by atoms with van der Waals surface area (Å²) in [5.74, 6) is 0.274. The van der Waals surface area contributed by atoms with E-state index in [1.54, 1.807) is 0 Å². The van der Waals surface area contributed by atoms with Crippen molar-refractivity contribution >= 4 is 6.08 Å². The Labute approximate surface area is 228 Å². The molecule has 1 aromatic rings. The SMILES string of the molecule is CC1=Cc2c(ccc(CCC3=C(C#N)C(NC4CC=C(N5CCCCCC5)CC4)NCN3)c2F)C(C)CC1. The molecule has 38 heavy (non-hydrogen) atoms. The fourth-order valence-electron chi connectivity index (χ4n) is 6.58. The summed E-state index contributed by atoms with van der Waals surface area (Å²) in [6.07, 6.45) is 16.1. The maximum absolute atomic E-state index is 15.6. The molecule has 1 aromatic carbocycles. The lowest BCUT2D eigenvalue weighted by molar-refractivity contribution is 0.308. The van der Waals surface area contributed by atoms with Gasteiger partial charge in [0.2, 0.25) is 0 Å². The summed E-state index contributed by atoms with van der Waals surface area (Å²) in [7, 11) is 0. The number of rotatable bonds is 6. The molecule has 6 heteroatoms. The zero-order valence-electron chi connectivity index (χ0n) is 23.2. The Balaban J connectivity index is 1.24. The van der Waals surface area contributed by atoms with Crippen LogP contribution in [0, 0.1) is 17.1 Å². The Morgan fingerprint density at radius 3 is 2.66 bits per heavy atom. The number of nitrogens with zero attached hydrogens (tertiary/aromatic N) is 2. The Morgan fingerprint density at radius 2 is 1.92 bits per heavy atom. The van der Waals surface area contributed by atoms with Crippen molar-refractivity contribution < 1.29 is 4.39 Å². The molecule has 2 aliphatic heterocycles. The minimum absolute atomic E-state index is 0.0903. The van der Waals surface area contributed by atoms with Crippen LogP contribution in [0.1, 0.15) is 101 Å². The Kier molecular flexibility index (Phi) is 8.86. The molecule has 5 nitrogen and oxygen atoms in total. The van der Waals surface area contributed by atoms with Crippen LogP contribution in [0.5, 0.6) is 0 Å². The molecule has 0 aromatic heterocycles. The molecule has 4 aliphatic rings. The summed E-state index contributed by atoms with van der Waals surface area (Å²) < 4.78 is 15.6. The lowest BCUT2D eigenvalue weighted by atomic mass is 9.91. The van der Waals surface area contributed by atoms with Gasteiger partial charge in [-0.25, -0.2) is 4.39 Å². The first-order valence-corrected chi connectivity index (χ1v) is 14.8. The zero-order chi connectivity index (χ0) is 26.5. The molecule has 0 radical (unpaired) electrons. The molecule has 1 saturated heterocycles. The predicted molar refractivity (Wildman–Crippen MR) is 152 cm³/mol. The topological polar surface area (TPSA) is 63.1 Å². The van der Waals surface area contributed by atoms with Gasteiger partial charge in [0.05, 0.1) is 24.5 Å². The van der Waals surface area contributed by atoms with E-state index in [2.05, 4.69) is 52.9 Å². The number of likely N-dealkylation sites (tertiary alicyclic amines) is 1. The number of fused-ring (bicyclic) bond motifs is 1. The average molecular weight is 518 g/mol. The van der Waals surface area contributed by atoms with Crippen LogP contribution >= 0.6 is 0 Å². The van der Waals surface area contributed by atoms with E-state index in [1.165, 1.54) is 50.0 Å². The van der Waals surface area contributed by atoms with Crippen LogP contribution in [0.2, 0.25) is 0 Å². The fraction of sp³-hybridized carbons (Fsp3) is 0.594. The standard InChI is InChI=1S/C32H44FN5/c1-22-7-8-23(2)27-15-9-24(31(33)28(27)19-22)10-16-30-29(20-34)32(36-21-35-30)37-25-11-13-26(14-12-25)38-17-5-3-4-6-18-38/h9,13,15,19,23,25,32,35-37H,3-8,10-12,14,16-18,21H2,1-2H3. The number of allylic oxidation sites excluding steroid dienone is 3. The summed E-state index contributed by atoms with van der Waals surface area (Å²) >= 11 is 0. The summed E-state index contributed by atoms with van der Waals surface area (Å²) in [4.78, 5) is 2.60. The van der Waals surface area contributed by atoms with Gasteiger partial charge in [0.25, 0.3) is 0 Å². The van der Waals surface area contributed by atoms with Gasteiger partial charge in [-0.3, -0.25) is 10.6 Å². The maximum atomic E-state index is 15.6. The molecule has 3 unspecified atom stereocenters. The second-order valence-electron chi connectivity index (χ2n) is 11.7. The van der Waals surface area contributed by atoms with Gasteiger partial charge in [0.1, 0.15) is 5.82 Å². The first-order chi connectivity index (χ1) is 18.5. The number of benzene rings is 1. The Hall–Kier alpha value is -2.62. The third-order valence-corrected chi connectivity index (χ3v) is 8.97. The summed E-state index contributed by atoms with van der Waals surface area (Å²) in [5, 5.41) is 20.6. The number of hydrogen-bond donors (Lipinski definition) is 3. The van der Waals surface area contributed by atoms with Gasteiger partial charge in [0.15, 0.2) is 0 Å². The zero-order valence-corrected chi connectivity index (χ0v) is 23.2. The van der Waals surface area contributed by atoms with E-state index >= 15 is 4.39 Å². The third-order valence-electron chi connectivity index (χ3n) is 8.97. The van der Waals surface area contributed by atoms with E-state index in [-0.39, 0.29) is 12.0 Å². The highest BCUT2D eigenvalue weighted by Crippen LogP contribution is 2.34. The van der Waals surface area contributed by atoms with E-state index in [0.29, 0.717) is 37.0 Å². The van der Waals surface area contributed by atoms with Crippen molar-refractivity contribution in [3.05, 3.63) is 63.3 Å². The van der Waals surface area contributed by atoms with Gasteiger partial charge >= 0.3 is 0 Å². The van der Waals surface area contributed by atoms with E-state index in [1.807, 2.05) is 12.1 Å². The molecule has 3 atom stereocenters. The van der Waals surface area contributed by atoms with Crippen molar-refractivity contribution in [3.63, 3.8) is 0 Å². The van der Waals surface area contributed by atoms with Crippen LogP contribution in [0.3, 0.4) is 0 Å². The van der Waals surface area contributed by atoms with Crippen molar-refractivity contribution in [1.29, 1.82) is 5.26 Å². The van der Waals surface area contributed by atoms with Gasteiger partial charge in [-0.2, -0.15) is 5.26 Å². The summed E-state index contributed by atoms with van der Waals surface area (Å²) in [6.45, 7) is 7.29. The Morgan fingerprint density at radius 1 is 1.11 bits per heavy atom. The lowest BCUT2D eigenvalue weighted by Gasteiger charge is -2.35. The molecule has 0 amide bonds. The molecule has 3 N–H and O–H groups in total. The molecule has 0 saturated carbocycles. The van der Waals surface area contributed by atoms with Gasteiger partial charge in [-0.05, 0) is 81.8 Å². The van der Waals surface area contributed by atoms with Crippen LogP contribution in [-0.2, 0) is 6.42 Å². The Bertz CT molecular complexity index is 1140. The highest BCUT2D eigenvalue weighted by Gasteiger charge is 2.27. The van der Waals surface area contributed by atoms with Crippen molar-refractivity contribution in [2.45, 2.75) is 103 Å². The molecular formula is C32H44FN5. The minimum Gasteiger partial charge on any atom is -0.375 e. The van der Waals surface area contributed by atoms with Crippen LogP contribution in [0.4, 0.5) is 4.39 Å². The highest BCUT2D eigenvalue weighted by atomic mass is 19.1. The van der Waals surface area contributed by atoms with E-state index in [0.717, 1.165) is 54.5 Å². The lowest BCUT2D eigenvalue weighted by Crippen LogP contribution is -2.54. The number of halogens is 1. The number of hydrogen-bond acceptors (Lipinski definition) is 5. The van der Waals surface area contributed by atoms with E-state index in [4.69, 9.17) is 0 Å².